The molecule has 37 heavy (non-hydrogen) atoms. The molecule has 1 saturated heterocycles. The number of fused-ring (bicyclic) bond motifs is 1. The zero-order valence-corrected chi connectivity index (χ0v) is 21.6. The standard InChI is InChI=1S/C30H33N3O4/c1-4-36-25-14-12-23(13-15-25)32-17-22(16-28(32)35)30-31-26-10-5-6-11-27(26)33(30)18-24(34)19-37-29-20(2)8-7-9-21(29)3/h5-15,22,24,34H,4,16-19H2,1-3H3/t22-,24+/m0/s1. The van der Waals surface area contributed by atoms with Crippen molar-refractivity contribution < 1.29 is 19.4 Å². The number of para-hydroxylation sites is 3. The Kier molecular flexibility index (Phi) is 7.15. The Labute approximate surface area is 217 Å². The summed E-state index contributed by atoms with van der Waals surface area (Å²) < 4.78 is 13.6. The van der Waals surface area contributed by atoms with E-state index in [4.69, 9.17) is 14.5 Å². The lowest BCUT2D eigenvalue weighted by Gasteiger charge is -2.20. The number of benzene rings is 3. The zero-order chi connectivity index (χ0) is 25.9. The van der Waals surface area contributed by atoms with Gasteiger partial charge in [-0.05, 0) is 68.3 Å². The first-order valence-electron chi connectivity index (χ1n) is 12.8. The third-order valence-electron chi connectivity index (χ3n) is 6.86. The van der Waals surface area contributed by atoms with Gasteiger partial charge in [-0.15, -0.1) is 0 Å². The number of carbonyl (C=O) groups is 1. The molecule has 192 valence electrons. The van der Waals surface area contributed by atoms with E-state index in [0.717, 1.165) is 45.2 Å². The summed E-state index contributed by atoms with van der Waals surface area (Å²) in [5.74, 6) is 2.39. The van der Waals surface area contributed by atoms with Crippen LogP contribution < -0.4 is 14.4 Å². The summed E-state index contributed by atoms with van der Waals surface area (Å²) in [6, 6.07) is 21.5. The number of aliphatic hydroxyl groups is 1. The number of aliphatic hydroxyl groups excluding tert-OH is 1. The van der Waals surface area contributed by atoms with E-state index in [9.17, 15) is 9.90 Å². The van der Waals surface area contributed by atoms with Gasteiger partial charge in [0, 0.05) is 24.6 Å². The number of carbonyl (C=O) groups excluding carboxylic acids is 1. The van der Waals surface area contributed by atoms with Crippen molar-refractivity contribution in [3.05, 3.63) is 83.7 Å². The highest BCUT2D eigenvalue weighted by atomic mass is 16.5. The number of rotatable bonds is 9. The van der Waals surface area contributed by atoms with E-state index in [0.29, 0.717) is 26.1 Å². The normalized spacial score (nSPS) is 16.4. The molecule has 5 rings (SSSR count). The third kappa shape index (κ3) is 5.18. The first kappa shape index (κ1) is 24.8. The van der Waals surface area contributed by atoms with Gasteiger partial charge >= 0.3 is 0 Å². The minimum atomic E-state index is -0.741. The lowest BCUT2D eigenvalue weighted by Crippen LogP contribution is -2.26. The molecule has 0 spiro atoms. The fraction of sp³-hybridized carbons (Fsp3) is 0.333. The average molecular weight is 500 g/mol. The van der Waals surface area contributed by atoms with Crippen molar-refractivity contribution in [2.45, 2.75) is 45.8 Å². The Morgan fingerprint density at radius 3 is 2.46 bits per heavy atom. The number of amides is 1. The number of aromatic nitrogens is 2. The molecule has 0 bridgehead atoms. The van der Waals surface area contributed by atoms with E-state index < -0.39 is 6.10 Å². The molecule has 0 unspecified atom stereocenters. The molecule has 0 radical (unpaired) electrons. The monoisotopic (exact) mass is 499 g/mol. The van der Waals surface area contributed by atoms with Gasteiger partial charge in [0.15, 0.2) is 0 Å². The van der Waals surface area contributed by atoms with E-state index in [-0.39, 0.29) is 18.4 Å². The third-order valence-corrected chi connectivity index (χ3v) is 6.86. The number of aryl methyl sites for hydroxylation is 2. The highest BCUT2D eigenvalue weighted by Crippen LogP contribution is 2.34. The highest BCUT2D eigenvalue weighted by Gasteiger charge is 2.35. The Balaban J connectivity index is 1.36. The van der Waals surface area contributed by atoms with E-state index >= 15 is 0 Å². The Hall–Kier alpha value is -3.84. The molecule has 1 aliphatic rings. The van der Waals surface area contributed by atoms with Gasteiger partial charge in [-0.25, -0.2) is 4.98 Å². The predicted molar refractivity (Wildman–Crippen MR) is 144 cm³/mol. The van der Waals surface area contributed by atoms with Crippen LogP contribution in [0, 0.1) is 13.8 Å². The summed E-state index contributed by atoms with van der Waals surface area (Å²) in [5, 5.41) is 11.0. The molecule has 3 aromatic carbocycles. The number of imidazole rings is 1. The van der Waals surface area contributed by atoms with Crippen LogP contribution in [0.4, 0.5) is 5.69 Å². The largest absolute Gasteiger partial charge is 0.494 e. The molecule has 1 fully saturated rings. The van der Waals surface area contributed by atoms with Gasteiger partial charge in [-0.3, -0.25) is 4.79 Å². The molecule has 4 aromatic rings. The first-order chi connectivity index (χ1) is 17.9. The fourth-order valence-corrected chi connectivity index (χ4v) is 5.09. The number of nitrogens with zero attached hydrogens (tertiary/aromatic N) is 3. The van der Waals surface area contributed by atoms with Crippen LogP contribution in [0.3, 0.4) is 0 Å². The summed E-state index contributed by atoms with van der Waals surface area (Å²) in [6.07, 6.45) is -0.374. The minimum absolute atomic E-state index is 0.0617. The van der Waals surface area contributed by atoms with Crippen LogP contribution >= 0.6 is 0 Å². The van der Waals surface area contributed by atoms with E-state index in [2.05, 4.69) is 0 Å². The number of hydrogen-bond acceptors (Lipinski definition) is 5. The molecule has 1 amide bonds. The second-order valence-electron chi connectivity index (χ2n) is 9.59. The SMILES string of the molecule is CCOc1ccc(N2C[C@@H](c3nc4ccccc4n3C[C@@H](O)COc3c(C)cccc3C)CC2=O)cc1. The Morgan fingerprint density at radius 1 is 1.00 bits per heavy atom. The Bertz CT molecular complexity index is 1380. The van der Waals surface area contributed by atoms with Crippen molar-refractivity contribution >= 4 is 22.6 Å². The quantitative estimate of drug-likeness (QED) is 0.350. The Morgan fingerprint density at radius 2 is 1.73 bits per heavy atom. The summed E-state index contributed by atoms with van der Waals surface area (Å²) in [7, 11) is 0. The van der Waals surface area contributed by atoms with Crippen molar-refractivity contribution in [1.29, 1.82) is 0 Å². The zero-order valence-electron chi connectivity index (χ0n) is 21.6. The molecule has 1 N–H and O–H groups in total. The van der Waals surface area contributed by atoms with Crippen molar-refractivity contribution in [1.82, 2.24) is 9.55 Å². The summed E-state index contributed by atoms with van der Waals surface area (Å²) in [5.41, 5.74) is 4.73. The van der Waals surface area contributed by atoms with Crippen LogP contribution in [0.25, 0.3) is 11.0 Å². The van der Waals surface area contributed by atoms with Crippen LogP contribution in [0.2, 0.25) is 0 Å². The van der Waals surface area contributed by atoms with Crippen molar-refractivity contribution in [3.8, 4) is 11.5 Å². The van der Waals surface area contributed by atoms with Gasteiger partial charge in [0.05, 0.1) is 24.2 Å². The molecule has 0 aliphatic carbocycles. The maximum atomic E-state index is 13.0. The van der Waals surface area contributed by atoms with Crippen LogP contribution in [0.5, 0.6) is 11.5 Å². The first-order valence-corrected chi connectivity index (χ1v) is 12.8. The second kappa shape index (κ2) is 10.6. The maximum absolute atomic E-state index is 13.0. The van der Waals surface area contributed by atoms with Gasteiger partial charge in [0.1, 0.15) is 30.0 Å². The number of anilines is 1. The van der Waals surface area contributed by atoms with Gasteiger partial charge in [-0.2, -0.15) is 0 Å². The van der Waals surface area contributed by atoms with Crippen LogP contribution in [0.1, 0.15) is 36.2 Å². The van der Waals surface area contributed by atoms with Crippen LogP contribution in [-0.2, 0) is 11.3 Å². The van der Waals surface area contributed by atoms with Gasteiger partial charge in [0.25, 0.3) is 0 Å². The van der Waals surface area contributed by atoms with Crippen molar-refractivity contribution in [3.63, 3.8) is 0 Å². The van der Waals surface area contributed by atoms with Crippen molar-refractivity contribution in [2.75, 3.05) is 24.7 Å². The van der Waals surface area contributed by atoms with Crippen LogP contribution in [-0.4, -0.2) is 46.4 Å². The van der Waals surface area contributed by atoms with Gasteiger partial charge < -0.3 is 24.0 Å². The molecule has 2 heterocycles. The molecular formula is C30H33N3O4. The number of ether oxygens (including phenoxy) is 2. The molecule has 0 saturated carbocycles. The average Bonchev–Trinajstić information content (AvgIpc) is 3.45. The summed E-state index contributed by atoms with van der Waals surface area (Å²) >= 11 is 0. The molecule has 7 heteroatoms. The molecule has 7 nitrogen and oxygen atoms in total. The second-order valence-corrected chi connectivity index (χ2v) is 9.59. The highest BCUT2D eigenvalue weighted by molar-refractivity contribution is 5.96. The predicted octanol–water partition coefficient (Wildman–Crippen LogP) is 5.01. The molecule has 1 aromatic heterocycles. The minimum Gasteiger partial charge on any atom is -0.494 e. The van der Waals surface area contributed by atoms with Crippen LogP contribution in [0.15, 0.2) is 66.7 Å². The van der Waals surface area contributed by atoms with Crippen molar-refractivity contribution in [2.24, 2.45) is 0 Å². The summed E-state index contributed by atoms with van der Waals surface area (Å²) in [4.78, 5) is 19.7. The number of hydrogen-bond donors (Lipinski definition) is 1. The van der Waals surface area contributed by atoms with Gasteiger partial charge in [0.2, 0.25) is 5.91 Å². The lowest BCUT2D eigenvalue weighted by atomic mass is 10.1. The lowest BCUT2D eigenvalue weighted by molar-refractivity contribution is -0.117. The van der Waals surface area contributed by atoms with E-state index in [1.165, 1.54) is 0 Å². The smallest absolute Gasteiger partial charge is 0.227 e. The topological polar surface area (TPSA) is 76.8 Å². The molecular weight excluding hydrogens is 466 g/mol. The van der Waals surface area contributed by atoms with E-state index in [1.807, 2.05) is 97.0 Å². The van der Waals surface area contributed by atoms with Gasteiger partial charge in [-0.1, -0.05) is 30.3 Å². The summed E-state index contributed by atoms with van der Waals surface area (Å²) in [6.45, 7) is 7.58. The van der Waals surface area contributed by atoms with E-state index in [1.54, 1.807) is 0 Å². The molecule has 2 atom stereocenters. The fourth-order valence-electron chi connectivity index (χ4n) is 5.09. The maximum Gasteiger partial charge on any atom is 0.227 e. The molecule has 1 aliphatic heterocycles.